The Morgan fingerprint density at radius 3 is 2.49 bits per heavy atom. The second-order valence-electron chi connectivity index (χ2n) is 8.45. The Kier molecular flexibility index (Phi) is 7.91. The molecule has 0 aliphatic rings. The molecule has 2 N–H and O–H groups in total. The van der Waals surface area contributed by atoms with Crippen LogP contribution in [0.15, 0.2) is 83.9 Å². The van der Waals surface area contributed by atoms with Gasteiger partial charge in [0.05, 0.1) is 18.3 Å². The predicted octanol–water partition coefficient (Wildman–Crippen LogP) is 4.53. The van der Waals surface area contributed by atoms with Gasteiger partial charge >= 0.3 is 0 Å². The molecule has 0 saturated carbocycles. The van der Waals surface area contributed by atoms with Crippen LogP contribution in [0.3, 0.4) is 0 Å². The molecule has 0 radical (unpaired) electrons. The molecule has 0 spiro atoms. The van der Waals surface area contributed by atoms with Gasteiger partial charge in [-0.2, -0.15) is 0 Å². The summed E-state index contributed by atoms with van der Waals surface area (Å²) in [5.74, 6) is -1.11. The van der Waals surface area contributed by atoms with Gasteiger partial charge in [-0.15, -0.1) is 0 Å². The highest BCUT2D eigenvalue weighted by Gasteiger charge is 2.17. The molecule has 1 amide bonds. The third-order valence-corrected chi connectivity index (χ3v) is 6.12. The van der Waals surface area contributed by atoms with Gasteiger partial charge in [0.15, 0.2) is 5.78 Å². The van der Waals surface area contributed by atoms with Crippen molar-refractivity contribution >= 4 is 29.0 Å². The first kappa shape index (κ1) is 25.9. The number of likely N-dealkylation sites (N-methyl/N-ethyl adjacent to an activating group) is 1. The summed E-state index contributed by atoms with van der Waals surface area (Å²) in [6.07, 6.45) is 2.98. The van der Waals surface area contributed by atoms with Gasteiger partial charge in [-0.25, -0.2) is 4.39 Å². The number of halogens is 2. The minimum absolute atomic E-state index is 0.0729. The molecular weight excluding hydrogens is 495 g/mol. The standard InChI is InChI=1S/C28H24ClFN4O3/c1-17(31-2)27(36)33-24-10-11-25(20-4-3-5-22(29)13-20)34(28(24)37)16-18-12-21(15-32-14-18)26(35)19-6-8-23(30)9-7-19/h3-15,17,31H,16H2,1-2H3,(H,33,36)/t17-/m1/s1. The zero-order valence-corrected chi connectivity index (χ0v) is 20.9. The Hall–Kier alpha value is -4.14. The molecule has 4 aromatic rings. The van der Waals surface area contributed by atoms with Gasteiger partial charge in [0, 0.05) is 28.5 Å². The summed E-state index contributed by atoms with van der Waals surface area (Å²) in [4.78, 5) is 43.1. The molecule has 2 aromatic heterocycles. The average molecular weight is 519 g/mol. The van der Waals surface area contributed by atoms with Crippen LogP contribution in [0.5, 0.6) is 0 Å². The predicted molar refractivity (Wildman–Crippen MR) is 141 cm³/mol. The fourth-order valence-electron chi connectivity index (χ4n) is 3.75. The van der Waals surface area contributed by atoms with E-state index in [0.717, 1.165) is 0 Å². The topological polar surface area (TPSA) is 93.1 Å². The Labute approximate surface area is 217 Å². The molecule has 37 heavy (non-hydrogen) atoms. The minimum Gasteiger partial charge on any atom is -0.320 e. The van der Waals surface area contributed by atoms with Crippen molar-refractivity contribution < 1.29 is 14.0 Å². The van der Waals surface area contributed by atoms with E-state index in [-0.39, 0.29) is 23.9 Å². The summed E-state index contributed by atoms with van der Waals surface area (Å²) in [5.41, 5.74) is 2.17. The van der Waals surface area contributed by atoms with Gasteiger partial charge in [0.25, 0.3) is 5.56 Å². The fourth-order valence-corrected chi connectivity index (χ4v) is 3.94. The molecular formula is C28H24ClFN4O3. The van der Waals surface area contributed by atoms with Crippen LogP contribution in [0.4, 0.5) is 10.1 Å². The van der Waals surface area contributed by atoms with Crippen molar-refractivity contribution in [3.63, 3.8) is 0 Å². The van der Waals surface area contributed by atoms with Crippen LogP contribution >= 0.6 is 11.6 Å². The van der Waals surface area contributed by atoms with E-state index in [9.17, 15) is 18.8 Å². The molecule has 1 atom stereocenters. The molecule has 0 unspecified atom stereocenters. The van der Waals surface area contributed by atoms with E-state index >= 15 is 0 Å². The van der Waals surface area contributed by atoms with Crippen LogP contribution in [0.1, 0.15) is 28.4 Å². The maximum atomic E-state index is 13.5. The molecule has 0 aliphatic heterocycles. The number of pyridine rings is 2. The summed E-state index contributed by atoms with van der Waals surface area (Å²) in [5, 5.41) is 6.02. The lowest BCUT2D eigenvalue weighted by molar-refractivity contribution is -0.117. The molecule has 188 valence electrons. The van der Waals surface area contributed by atoms with Crippen LogP contribution in [0, 0.1) is 5.82 Å². The van der Waals surface area contributed by atoms with Crippen LogP contribution < -0.4 is 16.2 Å². The molecule has 7 nitrogen and oxygen atoms in total. The van der Waals surface area contributed by atoms with Gasteiger partial charge in [0.1, 0.15) is 11.5 Å². The number of amides is 1. The number of benzene rings is 2. The number of nitrogens with zero attached hydrogens (tertiary/aromatic N) is 2. The number of aromatic nitrogens is 2. The second-order valence-corrected chi connectivity index (χ2v) is 8.89. The van der Waals surface area contributed by atoms with E-state index in [0.29, 0.717) is 33.0 Å². The van der Waals surface area contributed by atoms with Crippen LogP contribution in [0.25, 0.3) is 11.3 Å². The number of rotatable bonds is 8. The highest BCUT2D eigenvalue weighted by Crippen LogP contribution is 2.24. The maximum Gasteiger partial charge on any atom is 0.275 e. The third kappa shape index (κ3) is 5.99. The van der Waals surface area contributed by atoms with Crippen molar-refractivity contribution in [2.75, 3.05) is 12.4 Å². The Morgan fingerprint density at radius 1 is 1.03 bits per heavy atom. The second kappa shape index (κ2) is 11.3. The van der Waals surface area contributed by atoms with E-state index in [1.54, 1.807) is 56.6 Å². The lowest BCUT2D eigenvalue weighted by atomic mass is 10.0. The molecule has 0 saturated heterocycles. The van der Waals surface area contributed by atoms with Gasteiger partial charge < -0.3 is 15.2 Å². The lowest BCUT2D eigenvalue weighted by Gasteiger charge is -2.17. The SMILES string of the molecule is CN[C@H](C)C(=O)Nc1ccc(-c2cccc(Cl)c2)n(Cc2cncc(C(=O)c3ccc(F)cc3)c2)c1=O. The first-order valence-electron chi connectivity index (χ1n) is 11.5. The first-order chi connectivity index (χ1) is 17.8. The van der Waals surface area contributed by atoms with E-state index in [1.807, 2.05) is 6.07 Å². The zero-order chi connectivity index (χ0) is 26.5. The molecule has 0 aliphatic carbocycles. The normalized spacial score (nSPS) is 11.7. The van der Waals surface area contributed by atoms with Crippen molar-refractivity contribution in [3.8, 4) is 11.3 Å². The van der Waals surface area contributed by atoms with E-state index in [2.05, 4.69) is 15.6 Å². The summed E-state index contributed by atoms with van der Waals surface area (Å²) in [6, 6.07) is 16.7. The monoisotopic (exact) mass is 518 g/mol. The van der Waals surface area contributed by atoms with Crippen LogP contribution in [0.2, 0.25) is 5.02 Å². The Bertz CT molecular complexity index is 1520. The Morgan fingerprint density at radius 2 is 1.78 bits per heavy atom. The van der Waals surface area contributed by atoms with Crippen LogP contribution in [-0.4, -0.2) is 34.3 Å². The quantitative estimate of drug-likeness (QED) is 0.334. The number of carbonyl (C=O) groups excluding carboxylic acids is 2. The molecule has 2 aromatic carbocycles. The van der Waals surface area contributed by atoms with Crippen molar-refractivity contribution in [2.45, 2.75) is 19.5 Å². The van der Waals surface area contributed by atoms with Crippen molar-refractivity contribution in [1.29, 1.82) is 0 Å². The van der Waals surface area contributed by atoms with Crippen molar-refractivity contribution in [2.24, 2.45) is 0 Å². The highest BCUT2D eigenvalue weighted by atomic mass is 35.5. The van der Waals surface area contributed by atoms with E-state index in [1.165, 1.54) is 35.0 Å². The zero-order valence-electron chi connectivity index (χ0n) is 20.2. The number of hydrogen-bond acceptors (Lipinski definition) is 5. The number of hydrogen-bond donors (Lipinski definition) is 2. The van der Waals surface area contributed by atoms with Crippen molar-refractivity contribution in [1.82, 2.24) is 14.9 Å². The van der Waals surface area contributed by atoms with Gasteiger partial charge in [-0.05, 0) is 79.7 Å². The Balaban J connectivity index is 1.75. The average Bonchev–Trinajstić information content (AvgIpc) is 2.90. The fraction of sp³-hybridized carbons (Fsp3) is 0.143. The summed E-state index contributed by atoms with van der Waals surface area (Å²) in [6.45, 7) is 1.76. The van der Waals surface area contributed by atoms with Crippen molar-refractivity contribution in [3.05, 3.63) is 117 Å². The van der Waals surface area contributed by atoms with Gasteiger partial charge in [-0.3, -0.25) is 19.4 Å². The summed E-state index contributed by atoms with van der Waals surface area (Å²) < 4.78 is 14.8. The molecule has 2 heterocycles. The number of anilines is 1. The molecule has 9 heteroatoms. The smallest absolute Gasteiger partial charge is 0.275 e. The summed E-state index contributed by atoms with van der Waals surface area (Å²) >= 11 is 6.20. The van der Waals surface area contributed by atoms with Gasteiger partial charge in [-0.1, -0.05) is 23.7 Å². The number of nitrogens with one attached hydrogen (secondary N) is 2. The first-order valence-corrected chi connectivity index (χ1v) is 11.9. The van der Waals surface area contributed by atoms with E-state index in [4.69, 9.17) is 11.6 Å². The molecule has 0 fully saturated rings. The maximum absolute atomic E-state index is 13.5. The number of carbonyl (C=O) groups is 2. The summed E-state index contributed by atoms with van der Waals surface area (Å²) in [7, 11) is 1.65. The van der Waals surface area contributed by atoms with E-state index < -0.39 is 17.4 Å². The van der Waals surface area contributed by atoms with Crippen LogP contribution in [-0.2, 0) is 11.3 Å². The molecule has 4 rings (SSSR count). The lowest BCUT2D eigenvalue weighted by Crippen LogP contribution is -2.37. The largest absolute Gasteiger partial charge is 0.320 e. The third-order valence-electron chi connectivity index (χ3n) is 5.88. The van der Waals surface area contributed by atoms with Gasteiger partial charge in [0.2, 0.25) is 5.91 Å². The minimum atomic E-state index is -0.501. The number of ketones is 1. The molecule has 0 bridgehead atoms. The highest BCUT2D eigenvalue weighted by molar-refractivity contribution is 6.30.